The van der Waals surface area contributed by atoms with Gasteiger partial charge in [0.1, 0.15) is 4.34 Å². The Morgan fingerprint density at radius 3 is 2.76 bits per heavy atom. The molecule has 1 unspecified atom stereocenters. The van der Waals surface area contributed by atoms with Crippen LogP contribution in [-0.4, -0.2) is 28.4 Å². The monoisotopic (exact) mass is 361 g/mol. The zero-order valence-electron chi connectivity index (χ0n) is 10.5. The number of carbonyl (C=O) groups excluding carboxylic acids is 1. The Hall–Kier alpha value is -1.08. The van der Waals surface area contributed by atoms with Gasteiger partial charge in [-0.05, 0) is 29.5 Å². The summed E-state index contributed by atoms with van der Waals surface area (Å²) in [5.41, 5.74) is 0.946. The minimum absolute atomic E-state index is 0.261. The Labute approximate surface area is 138 Å². The molecule has 1 amide bonds. The van der Waals surface area contributed by atoms with Gasteiger partial charge in [0.15, 0.2) is 6.04 Å². The predicted octanol–water partition coefficient (Wildman–Crippen LogP) is 3.94. The van der Waals surface area contributed by atoms with Gasteiger partial charge < -0.3 is 10.0 Å². The zero-order chi connectivity index (χ0) is 15.1. The number of halogens is 2. The molecule has 4 nitrogen and oxygen atoms in total. The highest BCUT2D eigenvalue weighted by Gasteiger charge is 2.37. The van der Waals surface area contributed by atoms with E-state index in [1.165, 1.54) is 22.3 Å². The molecule has 1 aliphatic rings. The van der Waals surface area contributed by atoms with Gasteiger partial charge in [0, 0.05) is 11.4 Å². The first-order chi connectivity index (χ1) is 9.99. The molecule has 3 heterocycles. The molecule has 1 N–H and O–H groups in total. The molecule has 0 bridgehead atoms. The molecule has 2 aromatic rings. The van der Waals surface area contributed by atoms with Crippen molar-refractivity contribution < 1.29 is 14.7 Å². The molecule has 21 heavy (non-hydrogen) atoms. The predicted molar refractivity (Wildman–Crippen MR) is 83.8 cm³/mol. The summed E-state index contributed by atoms with van der Waals surface area (Å²) >= 11 is 14.5. The number of carboxylic acids is 1. The summed E-state index contributed by atoms with van der Waals surface area (Å²) in [5.74, 6) is -1.44. The van der Waals surface area contributed by atoms with Crippen LogP contribution in [0.3, 0.4) is 0 Å². The van der Waals surface area contributed by atoms with Crippen LogP contribution in [-0.2, 0) is 11.2 Å². The Kier molecular flexibility index (Phi) is 3.96. The highest BCUT2D eigenvalue weighted by atomic mass is 35.5. The molecule has 0 saturated heterocycles. The number of rotatable bonds is 2. The van der Waals surface area contributed by atoms with Crippen molar-refractivity contribution in [2.45, 2.75) is 12.5 Å². The maximum absolute atomic E-state index is 12.6. The minimum atomic E-state index is -1.04. The molecule has 0 saturated carbocycles. The number of fused-ring (bicyclic) bond motifs is 1. The molecular formula is C13H9Cl2NO3S2. The summed E-state index contributed by atoms with van der Waals surface area (Å²) in [6.07, 6.45) is 0.651. The summed E-state index contributed by atoms with van der Waals surface area (Å²) in [4.78, 5) is 26.6. The van der Waals surface area contributed by atoms with Gasteiger partial charge >= 0.3 is 5.97 Å². The Bertz CT molecular complexity index is 725. The van der Waals surface area contributed by atoms with E-state index in [0.717, 1.165) is 16.2 Å². The first-order valence-corrected chi connectivity index (χ1v) is 8.49. The summed E-state index contributed by atoms with van der Waals surface area (Å²) < 4.78 is 0.689. The standard InChI is InChI=1S/C13H9Cl2NO3S2/c14-9-5-7(11(15)21-9)12(17)16-3-1-8-6(2-4-20-8)10(16)13(18)19/h2,4-5,10H,1,3H2,(H,18,19). The SMILES string of the molecule is O=C(O)C1c2ccsc2CCN1C(=O)c1cc(Cl)sc1Cl. The van der Waals surface area contributed by atoms with Crippen LogP contribution in [0.1, 0.15) is 26.8 Å². The van der Waals surface area contributed by atoms with Crippen molar-refractivity contribution in [2.75, 3.05) is 6.54 Å². The van der Waals surface area contributed by atoms with Crippen molar-refractivity contribution in [3.8, 4) is 0 Å². The fraction of sp³-hybridized carbons (Fsp3) is 0.231. The summed E-state index contributed by atoms with van der Waals surface area (Å²) in [6, 6.07) is 2.28. The second kappa shape index (κ2) is 5.61. The quantitative estimate of drug-likeness (QED) is 0.880. The van der Waals surface area contributed by atoms with Crippen LogP contribution in [0.5, 0.6) is 0 Å². The van der Waals surface area contributed by atoms with E-state index in [1.807, 2.05) is 5.38 Å². The number of nitrogens with zero attached hydrogens (tertiary/aromatic N) is 1. The van der Waals surface area contributed by atoms with Crippen molar-refractivity contribution >= 4 is 57.8 Å². The van der Waals surface area contributed by atoms with Gasteiger partial charge in [-0.25, -0.2) is 4.79 Å². The third kappa shape index (κ3) is 2.57. The van der Waals surface area contributed by atoms with Gasteiger partial charge in [-0.15, -0.1) is 22.7 Å². The lowest BCUT2D eigenvalue weighted by atomic mass is 9.99. The number of carbonyl (C=O) groups is 2. The third-order valence-corrected chi connectivity index (χ3v) is 5.83. The van der Waals surface area contributed by atoms with E-state index in [9.17, 15) is 14.7 Å². The first kappa shape index (κ1) is 14.8. The second-order valence-corrected chi connectivity index (χ2v) is 7.81. The maximum Gasteiger partial charge on any atom is 0.331 e. The fourth-order valence-electron chi connectivity index (χ4n) is 2.44. The van der Waals surface area contributed by atoms with Crippen molar-refractivity contribution in [1.29, 1.82) is 0 Å². The van der Waals surface area contributed by atoms with Crippen LogP contribution < -0.4 is 0 Å². The van der Waals surface area contributed by atoms with E-state index in [4.69, 9.17) is 23.2 Å². The molecule has 110 valence electrons. The van der Waals surface area contributed by atoms with Crippen LogP contribution in [0.15, 0.2) is 17.5 Å². The van der Waals surface area contributed by atoms with Gasteiger partial charge in [0.05, 0.1) is 9.90 Å². The largest absolute Gasteiger partial charge is 0.479 e. The number of carboxylic acid groups (broad SMARTS) is 1. The highest BCUT2D eigenvalue weighted by Crippen LogP contribution is 2.37. The maximum atomic E-state index is 12.6. The van der Waals surface area contributed by atoms with Gasteiger partial charge in [-0.1, -0.05) is 23.2 Å². The van der Waals surface area contributed by atoms with Gasteiger partial charge in [0.2, 0.25) is 0 Å². The lowest BCUT2D eigenvalue weighted by molar-refractivity contribution is -0.142. The normalized spacial score (nSPS) is 17.6. The minimum Gasteiger partial charge on any atom is -0.479 e. The fourth-order valence-corrected chi connectivity index (χ4v) is 4.79. The van der Waals surface area contributed by atoms with E-state index in [0.29, 0.717) is 22.9 Å². The number of aliphatic carboxylic acids is 1. The lowest BCUT2D eigenvalue weighted by Gasteiger charge is -2.33. The van der Waals surface area contributed by atoms with E-state index >= 15 is 0 Å². The van der Waals surface area contributed by atoms with Crippen LogP contribution in [0.2, 0.25) is 8.67 Å². The topological polar surface area (TPSA) is 57.6 Å². The van der Waals surface area contributed by atoms with Crippen molar-refractivity contribution in [2.24, 2.45) is 0 Å². The molecule has 0 aliphatic carbocycles. The average molecular weight is 362 g/mol. The second-order valence-electron chi connectivity index (χ2n) is 4.53. The van der Waals surface area contributed by atoms with Crippen LogP contribution in [0, 0.1) is 0 Å². The average Bonchev–Trinajstić information content (AvgIpc) is 3.02. The molecule has 1 aliphatic heterocycles. The Morgan fingerprint density at radius 2 is 2.14 bits per heavy atom. The number of hydrogen-bond donors (Lipinski definition) is 1. The molecule has 0 spiro atoms. The van der Waals surface area contributed by atoms with Gasteiger partial charge in [0.25, 0.3) is 5.91 Å². The lowest BCUT2D eigenvalue weighted by Crippen LogP contribution is -2.43. The van der Waals surface area contributed by atoms with E-state index < -0.39 is 17.9 Å². The summed E-state index contributed by atoms with van der Waals surface area (Å²) in [7, 11) is 0. The van der Waals surface area contributed by atoms with E-state index in [-0.39, 0.29) is 9.90 Å². The molecule has 3 rings (SSSR count). The van der Waals surface area contributed by atoms with E-state index in [2.05, 4.69) is 0 Å². The molecule has 2 aromatic heterocycles. The molecule has 0 radical (unpaired) electrons. The smallest absolute Gasteiger partial charge is 0.331 e. The van der Waals surface area contributed by atoms with Crippen molar-refractivity contribution in [3.63, 3.8) is 0 Å². The molecule has 1 atom stereocenters. The van der Waals surface area contributed by atoms with Crippen LogP contribution in [0.4, 0.5) is 0 Å². The third-order valence-electron chi connectivity index (χ3n) is 3.35. The highest BCUT2D eigenvalue weighted by molar-refractivity contribution is 7.20. The first-order valence-electron chi connectivity index (χ1n) is 6.04. The molecule has 0 aromatic carbocycles. The Morgan fingerprint density at radius 1 is 1.38 bits per heavy atom. The van der Waals surface area contributed by atoms with Crippen LogP contribution in [0.25, 0.3) is 0 Å². The van der Waals surface area contributed by atoms with Crippen molar-refractivity contribution in [1.82, 2.24) is 4.90 Å². The zero-order valence-corrected chi connectivity index (χ0v) is 13.7. The van der Waals surface area contributed by atoms with Crippen molar-refractivity contribution in [3.05, 3.63) is 42.2 Å². The summed E-state index contributed by atoms with van der Waals surface area (Å²) in [5, 5.41) is 11.3. The molecular weight excluding hydrogens is 353 g/mol. The number of thiophene rings is 2. The molecule has 0 fully saturated rings. The summed E-state index contributed by atoms with van der Waals surface area (Å²) in [6.45, 7) is 0.354. The molecule has 8 heteroatoms. The number of amides is 1. The van der Waals surface area contributed by atoms with Crippen LogP contribution >= 0.6 is 45.9 Å². The van der Waals surface area contributed by atoms with Gasteiger partial charge in [-0.3, -0.25) is 4.79 Å². The Balaban J connectivity index is 2.00. The van der Waals surface area contributed by atoms with E-state index in [1.54, 1.807) is 6.07 Å². The number of hydrogen-bond acceptors (Lipinski definition) is 4. The van der Waals surface area contributed by atoms with Gasteiger partial charge in [-0.2, -0.15) is 0 Å².